The van der Waals surface area contributed by atoms with E-state index in [0.29, 0.717) is 5.92 Å². The predicted molar refractivity (Wildman–Crippen MR) is 81.2 cm³/mol. The van der Waals surface area contributed by atoms with E-state index in [-0.39, 0.29) is 6.04 Å². The molecule has 0 aliphatic heterocycles. The molecule has 1 fully saturated rings. The Bertz CT molecular complexity index is 549. The number of aryl methyl sites for hydroxylation is 1. The van der Waals surface area contributed by atoms with Crippen LogP contribution in [0.25, 0.3) is 10.9 Å². The highest BCUT2D eigenvalue weighted by Crippen LogP contribution is 2.36. The average Bonchev–Trinajstić information content (AvgIpc) is 2.91. The highest BCUT2D eigenvalue weighted by molar-refractivity contribution is 5.86. The van der Waals surface area contributed by atoms with Gasteiger partial charge in [-0.05, 0) is 36.3 Å². The molecule has 0 saturated heterocycles. The lowest BCUT2D eigenvalue weighted by molar-refractivity contribution is 0.309. The Labute approximate surface area is 115 Å². The monoisotopic (exact) mass is 256 g/mol. The first-order valence-corrected chi connectivity index (χ1v) is 7.65. The van der Waals surface area contributed by atoms with Crippen molar-refractivity contribution in [1.29, 1.82) is 0 Å². The van der Waals surface area contributed by atoms with Gasteiger partial charge in [-0.2, -0.15) is 0 Å². The number of hydrogen-bond acceptors (Lipinski definition) is 1. The number of benzene rings is 1. The van der Waals surface area contributed by atoms with Crippen molar-refractivity contribution in [1.82, 2.24) is 4.98 Å². The van der Waals surface area contributed by atoms with Gasteiger partial charge in [-0.3, -0.25) is 0 Å². The second-order valence-corrected chi connectivity index (χ2v) is 5.86. The molecule has 1 aliphatic rings. The minimum absolute atomic E-state index is 0.196. The summed E-state index contributed by atoms with van der Waals surface area (Å²) in [5.41, 5.74) is 10.5. The van der Waals surface area contributed by atoms with Gasteiger partial charge in [-0.1, -0.05) is 44.4 Å². The minimum atomic E-state index is 0.196. The average molecular weight is 256 g/mol. The fraction of sp³-hybridized carbons (Fsp3) is 0.529. The van der Waals surface area contributed by atoms with E-state index in [9.17, 15) is 0 Å². The molecule has 2 nitrogen and oxygen atoms in total. The first-order chi connectivity index (χ1) is 9.31. The molecule has 2 heteroatoms. The molecule has 1 aromatic carbocycles. The number of fused-ring (bicyclic) bond motifs is 1. The van der Waals surface area contributed by atoms with E-state index in [1.165, 1.54) is 54.1 Å². The Balaban J connectivity index is 1.96. The minimum Gasteiger partial charge on any atom is -0.361 e. The topological polar surface area (TPSA) is 41.8 Å². The third kappa shape index (κ3) is 2.30. The Morgan fingerprint density at radius 2 is 2.05 bits per heavy atom. The van der Waals surface area contributed by atoms with Crippen LogP contribution in [0.5, 0.6) is 0 Å². The standard InChI is InChI=1S/C17H24N2/c1-2-12-9-6-10-14-15(11-19-17(12)14)16(18)13-7-4-3-5-8-13/h6,9-11,13,16,19H,2-5,7-8,18H2,1H3. The number of aromatic nitrogens is 1. The van der Waals surface area contributed by atoms with Crippen molar-refractivity contribution in [3.05, 3.63) is 35.5 Å². The van der Waals surface area contributed by atoms with Crippen LogP contribution < -0.4 is 5.73 Å². The molecule has 1 atom stereocenters. The van der Waals surface area contributed by atoms with Crippen molar-refractivity contribution in [2.45, 2.75) is 51.5 Å². The number of hydrogen-bond donors (Lipinski definition) is 2. The summed E-state index contributed by atoms with van der Waals surface area (Å²) in [4.78, 5) is 3.45. The molecule has 3 rings (SSSR count). The molecule has 3 N–H and O–H groups in total. The fourth-order valence-electron chi connectivity index (χ4n) is 3.56. The predicted octanol–water partition coefficient (Wildman–Crippen LogP) is 4.31. The van der Waals surface area contributed by atoms with E-state index >= 15 is 0 Å². The normalized spacial score (nSPS) is 18.8. The van der Waals surface area contributed by atoms with Crippen LogP contribution in [0.1, 0.15) is 56.2 Å². The van der Waals surface area contributed by atoms with E-state index in [2.05, 4.69) is 36.3 Å². The van der Waals surface area contributed by atoms with Crippen molar-refractivity contribution in [3.8, 4) is 0 Å². The Morgan fingerprint density at radius 1 is 1.26 bits per heavy atom. The summed E-state index contributed by atoms with van der Waals surface area (Å²) in [5.74, 6) is 0.665. The lowest BCUT2D eigenvalue weighted by Crippen LogP contribution is -2.23. The number of nitrogens with one attached hydrogen (secondary N) is 1. The summed E-state index contributed by atoms with van der Waals surface area (Å²) < 4.78 is 0. The number of para-hydroxylation sites is 1. The van der Waals surface area contributed by atoms with Crippen molar-refractivity contribution in [2.75, 3.05) is 0 Å². The Hall–Kier alpha value is -1.28. The first-order valence-electron chi connectivity index (χ1n) is 7.65. The Kier molecular flexibility index (Phi) is 3.61. The van der Waals surface area contributed by atoms with Gasteiger partial charge in [0.25, 0.3) is 0 Å². The zero-order valence-electron chi connectivity index (χ0n) is 11.8. The van der Waals surface area contributed by atoms with Crippen LogP contribution >= 0.6 is 0 Å². The van der Waals surface area contributed by atoms with E-state index in [1.807, 2.05) is 0 Å². The van der Waals surface area contributed by atoms with Gasteiger partial charge in [0.15, 0.2) is 0 Å². The molecule has 0 radical (unpaired) electrons. The number of rotatable bonds is 3. The van der Waals surface area contributed by atoms with E-state index < -0.39 is 0 Å². The fourth-order valence-corrected chi connectivity index (χ4v) is 3.56. The maximum absolute atomic E-state index is 6.55. The van der Waals surface area contributed by atoms with Crippen molar-refractivity contribution < 1.29 is 0 Å². The van der Waals surface area contributed by atoms with Crippen LogP contribution in [0.4, 0.5) is 0 Å². The van der Waals surface area contributed by atoms with Gasteiger partial charge >= 0.3 is 0 Å². The third-order valence-electron chi connectivity index (χ3n) is 4.73. The molecule has 2 aromatic rings. The SMILES string of the molecule is CCc1cccc2c(C(N)C3CCCCC3)c[nH]c12. The largest absolute Gasteiger partial charge is 0.361 e. The molecule has 0 amide bonds. The first kappa shape index (κ1) is 12.7. The van der Waals surface area contributed by atoms with Crippen molar-refractivity contribution in [2.24, 2.45) is 11.7 Å². The van der Waals surface area contributed by atoms with Crippen LogP contribution in [0.15, 0.2) is 24.4 Å². The van der Waals surface area contributed by atoms with Crippen molar-refractivity contribution >= 4 is 10.9 Å². The highest BCUT2D eigenvalue weighted by atomic mass is 14.7. The van der Waals surface area contributed by atoms with Gasteiger partial charge < -0.3 is 10.7 Å². The van der Waals surface area contributed by atoms with Crippen molar-refractivity contribution in [3.63, 3.8) is 0 Å². The zero-order chi connectivity index (χ0) is 13.2. The molecule has 1 unspecified atom stereocenters. The summed E-state index contributed by atoms with van der Waals surface area (Å²) in [5, 5.41) is 1.33. The molecular formula is C17H24N2. The summed E-state index contributed by atoms with van der Waals surface area (Å²) in [6.07, 6.45) is 9.88. The van der Waals surface area contributed by atoms with Gasteiger partial charge in [-0.25, -0.2) is 0 Å². The van der Waals surface area contributed by atoms with Gasteiger partial charge in [0.2, 0.25) is 0 Å². The van der Waals surface area contributed by atoms with Crippen LogP contribution in [0.3, 0.4) is 0 Å². The summed E-state index contributed by atoms with van der Waals surface area (Å²) in [6.45, 7) is 2.20. The molecule has 102 valence electrons. The zero-order valence-corrected chi connectivity index (χ0v) is 11.8. The highest BCUT2D eigenvalue weighted by Gasteiger charge is 2.24. The maximum Gasteiger partial charge on any atom is 0.0489 e. The van der Waals surface area contributed by atoms with E-state index in [4.69, 9.17) is 5.73 Å². The number of aromatic amines is 1. The van der Waals surface area contributed by atoms with Gasteiger partial charge in [-0.15, -0.1) is 0 Å². The van der Waals surface area contributed by atoms with Crippen LogP contribution in [-0.2, 0) is 6.42 Å². The lowest BCUT2D eigenvalue weighted by Gasteiger charge is -2.27. The molecular weight excluding hydrogens is 232 g/mol. The van der Waals surface area contributed by atoms with Gasteiger partial charge in [0, 0.05) is 23.1 Å². The Morgan fingerprint density at radius 3 is 2.79 bits per heavy atom. The van der Waals surface area contributed by atoms with Gasteiger partial charge in [0.05, 0.1) is 0 Å². The quantitative estimate of drug-likeness (QED) is 0.844. The van der Waals surface area contributed by atoms with Crippen LogP contribution in [0.2, 0.25) is 0 Å². The lowest BCUT2D eigenvalue weighted by atomic mass is 9.81. The number of nitrogens with two attached hydrogens (primary N) is 1. The molecule has 1 aliphatic carbocycles. The maximum atomic E-state index is 6.55. The summed E-state index contributed by atoms with van der Waals surface area (Å²) >= 11 is 0. The summed E-state index contributed by atoms with van der Waals surface area (Å²) in [7, 11) is 0. The molecule has 19 heavy (non-hydrogen) atoms. The number of H-pyrrole nitrogens is 1. The molecule has 0 spiro atoms. The molecule has 1 saturated carbocycles. The summed E-state index contributed by atoms with van der Waals surface area (Å²) in [6, 6.07) is 6.77. The van der Waals surface area contributed by atoms with E-state index in [1.54, 1.807) is 0 Å². The molecule has 1 heterocycles. The van der Waals surface area contributed by atoms with E-state index in [0.717, 1.165) is 6.42 Å². The second-order valence-electron chi connectivity index (χ2n) is 5.86. The third-order valence-corrected chi connectivity index (χ3v) is 4.73. The van der Waals surface area contributed by atoms with Crippen LogP contribution in [0, 0.1) is 5.92 Å². The molecule has 1 aromatic heterocycles. The molecule has 0 bridgehead atoms. The smallest absolute Gasteiger partial charge is 0.0489 e. The second kappa shape index (κ2) is 5.38. The van der Waals surface area contributed by atoms with Crippen LogP contribution in [-0.4, -0.2) is 4.98 Å². The van der Waals surface area contributed by atoms with Gasteiger partial charge in [0.1, 0.15) is 0 Å².